The Morgan fingerprint density at radius 3 is 2.86 bits per heavy atom. The van der Waals surface area contributed by atoms with Gasteiger partial charge in [-0.2, -0.15) is 5.26 Å². The first kappa shape index (κ1) is 13.5. The van der Waals surface area contributed by atoms with Gasteiger partial charge in [-0.1, -0.05) is 0 Å². The lowest BCUT2D eigenvalue weighted by Crippen LogP contribution is -2.07. The van der Waals surface area contributed by atoms with E-state index in [2.05, 4.69) is 39.2 Å². The maximum atomic E-state index is 8.75. The van der Waals surface area contributed by atoms with Crippen molar-refractivity contribution in [3.05, 3.63) is 28.4 Å². The first-order chi connectivity index (χ1) is 10.1. The molecule has 3 aromatic heterocycles. The predicted octanol–water partition coefficient (Wildman–Crippen LogP) is 1.86. The van der Waals surface area contributed by atoms with Crippen molar-refractivity contribution in [2.45, 2.75) is 20.4 Å². The minimum atomic E-state index is 0.146. The van der Waals surface area contributed by atoms with E-state index in [4.69, 9.17) is 5.26 Å². The molecule has 0 saturated carbocycles. The van der Waals surface area contributed by atoms with Crippen molar-refractivity contribution in [3.8, 4) is 6.07 Å². The molecule has 0 fully saturated rings. The lowest BCUT2D eigenvalue weighted by molar-refractivity contribution is 0.655. The maximum Gasteiger partial charge on any atom is 0.252 e. The Hall–Kier alpha value is -2.53. The van der Waals surface area contributed by atoms with Crippen LogP contribution in [-0.2, 0) is 6.54 Å². The third kappa shape index (κ3) is 2.32. The van der Waals surface area contributed by atoms with E-state index < -0.39 is 0 Å². The molecule has 0 bridgehead atoms. The molecular weight excluding hydrogens is 286 g/mol. The third-order valence-electron chi connectivity index (χ3n) is 3.25. The summed E-state index contributed by atoms with van der Waals surface area (Å²) in [5.41, 5.74) is 1.21. The van der Waals surface area contributed by atoms with Gasteiger partial charge in [0.1, 0.15) is 29.6 Å². The highest BCUT2D eigenvalue weighted by molar-refractivity contribution is 7.18. The van der Waals surface area contributed by atoms with Crippen molar-refractivity contribution in [2.24, 2.45) is 0 Å². The Balaban J connectivity index is 2.05. The summed E-state index contributed by atoms with van der Waals surface area (Å²) in [6.07, 6.45) is 1.51. The quantitative estimate of drug-likeness (QED) is 0.793. The molecule has 3 aromatic rings. The van der Waals surface area contributed by atoms with Crippen LogP contribution >= 0.6 is 11.3 Å². The summed E-state index contributed by atoms with van der Waals surface area (Å²) in [5, 5.41) is 17.0. The minimum Gasteiger partial charge on any atom is -0.372 e. The fraction of sp³-hybridized carbons (Fsp3) is 0.308. The Labute approximate surface area is 125 Å². The van der Waals surface area contributed by atoms with E-state index in [1.54, 1.807) is 16.0 Å². The molecule has 0 atom stereocenters. The first-order valence-corrected chi connectivity index (χ1v) is 7.18. The van der Waals surface area contributed by atoms with E-state index in [-0.39, 0.29) is 5.82 Å². The standard InChI is InChI=1S/C13H13N7S/c1-7-8(2)21-13-11(7)12(15-3)17-10(18-13)5-20-6-16-9(4-14)19-20/h6H,5H2,1-3H3,(H,15,17,18). The molecule has 0 aromatic carbocycles. The monoisotopic (exact) mass is 299 g/mol. The van der Waals surface area contributed by atoms with Crippen LogP contribution in [0.5, 0.6) is 0 Å². The van der Waals surface area contributed by atoms with E-state index in [0.29, 0.717) is 12.4 Å². The van der Waals surface area contributed by atoms with Crippen LogP contribution in [0.3, 0.4) is 0 Å². The second-order valence-corrected chi connectivity index (χ2v) is 5.78. The summed E-state index contributed by atoms with van der Waals surface area (Å²) in [7, 11) is 1.85. The zero-order chi connectivity index (χ0) is 15.0. The van der Waals surface area contributed by atoms with Crippen molar-refractivity contribution < 1.29 is 0 Å². The summed E-state index contributed by atoms with van der Waals surface area (Å²) < 4.78 is 1.56. The van der Waals surface area contributed by atoms with Crippen LogP contribution in [0.1, 0.15) is 22.1 Å². The number of nitrogens with one attached hydrogen (secondary N) is 1. The molecule has 0 saturated heterocycles. The highest BCUT2D eigenvalue weighted by Crippen LogP contribution is 2.33. The molecule has 8 heteroatoms. The summed E-state index contributed by atoms with van der Waals surface area (Å²) in [4.78, 5) is 15.2. The minimum absolute atomic E-state index is 0.146. The maximum absolute atomic E-state index is 8.75. The van der Waals surface area contributed by atoms with E-state index in [0.717, 1.165) is 16.0 Å². The number of hydrogen-bond acceptors (Lipinski definition) is 7. The van der Waals surface area contributed by atoms with E-state index in [9.17, 15) is 0 Å². The zero-order valence-electron chi connectivity index (χ0n) is 11.9. The molecular formula is C13H13N7S. The average molecular weight is 299 g/mol. The third-order valence-corrected chi connectivity index (χ3v) is 4.35. The van der Waals surface area contributed by atoms with Crippen molar-refractivity contribution >= 4 is 27.4 Å². The van der Waals surface area contributed by atoms with Gasteiger partial charge in [0, 0.05) is 11.9 Å². The summed E-state index contributed by atoms with van der Waals surface area (Å²) in [5.74, 6) is 1.60. The Bertz CT molecular complexity index is 855. The van der Waals surface area contributed by atoms with Gasteiger partial charge in [0.05, 0.1) is 5.39 Å². The highest BCUT2D eigenvalue weighted by Gasteiger charge is 2.14. The number of hydrogen-bond donors (Lipinski definition) is 1. The molecule has 3 heterocycles. The number of anilines is 1. The number of nitrogens with zero attached hydrogens (tertiary/aromatic N) is 6. The van der Waals surface area contributed by atoms with Gasteiger partial charge >= 0.3 is 0 Å². The lowest BCUT2D eigenvalue weighted by atomic mass is 10.2. The van der Waals surface area contributed by atoms with Gasteiger partial charge in [0.15, 0.2) is 5.82 Å². The SMILES string of the molecule is CNc1nc(Cn2cnc(C#N)n2)nc2sc(C)c(C)c12. The Morgan fingerprint density at radius 2 is 2.19 bits per heavy atom. The summed E-state index contributed by atoms with van der Waals surface area (Å²) in [6.45, 7) is 4.54. The van der Waals surface area contributed by atoms with Gasteiger partial charge in [-0.15, -0.1) is 16.4 Å². The smallest absolute Gasteiger partial charge is 0.252 e. The van der Waals surface area contributed by atoms with Crippen LogP contribution in [0.15, 0.2) is 6.33 Å². The molecule has 0 aliphatic carbocycles. The molecule has 0 amide bonds. The predicted molar refractivity (Wildman–Crippen MR) is 80.3 cm³/mol. The van der Waals surface area contributed by atoms with Gasteiger partial charge in [-0.05, 0) is 19.4 Å². The van der Waals surface area contributed by atoms with Crippen LogP contribution in [0.2, 0.25) is 0 Å². The summed E-state index contributed by atoms with van der Waals surface area (Å²) >= 11 is 1.65. The van der Waals surface area contributed by atoms with Gasteiger partial charge in [-0.3, -0.25) is 0 Å². The molecule has 0 aliphatic rings. The zero-order valence-corrected chi connectivity index (χ0v) is 12.7. The second-order valence-electron chi connectivity index (χ2n) is 4.58. The Morgan fingerprint density at radius 1 is 1.38 bits per heavy atom. The largest absolute Gasteiger partial charge is 0.372 e. The molecule has 0 radical (unpaired) electrons. The van der Waals surface area contributed by atoms with Crippen molar-refractivity contribution in [2.75, 3.05) is 12.4 Å². The van der Waals surface area contributed by atoms with Crippen molar-refractivity contribution in [3.63, 3.8) is 0 Å². The number of nitriles is 1. The van der Waals surface area contributed by atoms with Gasteiger partial charge < -0.3 is 5.32 Å². The number of aromatic nitrogens is 5. The van der Waals surface area contributed by atoms with Gasteiger partial charge in [0.25, 0.3) is 5.82 Å². The van der Waals surface area contributed by atoms with Crippen LogP contribution < -0.4 is 5.32 Å². The topological polar surface area (TPSA) is 92.3 Å². The Kier molecular flexibility index (Phi) is 3.27. The summed E-state index contributed by atoms with van der Waals surface area (Å²) in [6, 6.07) is 1.90. The fourth-order valence-electron chi connectivity index (χ4n) is 2.11. The van der Waals surface area contributed by atoms with Crippen LogP contribution in [0.4, 0.5) is 5.82 Å². The molecule has 106 valence electrons. The number of thiophene rings is 1. The van der Waals surface area contributed by atoms with Gasteiger partial charge in [0.2, 0.25) is 0 Å². The second kappa shape index (κ2) is 5.10. The lowest BCUT2D eigenvalue weighted by Gasteiger charge is -2.06. The fourth-order valence-corrected chi connectivity index (χ4v) is 3.16. The number of aryl methyl sites for hydroxylation is 2. The number of fused-ring (bicyclic) bond motifs is 1. The van der Waals surface area contributed by atoms with E-state index in [1.807, 2.05) is 13.1 Å². The van der Waals surface area contributed by atoms with Crippen molar-refractivity contribution in [1.29, 1.82) is 5.26 Å². The van der Waals surface area contributed by atoms with Crippen molar-refractivity contribution in [1.82, 2.24) is 24.7 Å². The van der Waals surface area contributed by atoms with Crippen LogP contribution in [0.25, 0.3) is 10.2 Å². The molecule has 0 aliphatic heterocycles. The average Bonchev–Trinajstić information content (AvgIpc) is 3.04. The molecule has 1 N–H and O–H groups in total. The van der Waals surface area contributed by atoms with Gasteiger partial charge in [-0.25, -0.2) is 19.6 Å². The van der Waals surface area contributed by atoms with E-state index in [1.165, 1.54) is 16.8 Å². The molecule has 0 unspecified atom stereocenters. The normalized spacial score (nSPS) is 10.8. The van der Waals surface area contributed by atoms with Crippen LogP contribution in [0, 0.1) is 25.2 Å². The van der Waals surface area contributed by atoms with E-state index >= 15 is 0 Å². The molecule has 0 spiro atoms. The van der Waals surface area contributed by atoms with Crippen LogP contribution in [-0.4, -0.2) is 31.8 Å². The molecule has 3 rings (SSSR count). The first-order valence-electron chi connectivity index (χ1n) is 6.36. The molecule has 7 nitrogen and oxygen atoms in total. The highest BCUT2D eigenvalue weighted by atomic mass is 32.1. The molecule has 21 heavy (non-hydrogen) atoms. The number of rotatable bonds is 3.